The number of benzene rings is 2. The summed E-state index contributed by atoms with van der Waals surface area (Å²) in [5, 5.41) is 4.36. The maximum Gasteiger partial charge on any atom is 0.416 e. The van der Waals surface area contributed by atoms with E-state index >= 15 is 0 Å². The van der Waals surface area contributed by atoms with Crippen molar-refractivity contribution in [3.05, 3.63) is 66.0 Å². The van der Waals surface area contributed by atoms with E-state index in [-0.39, 0.29) is 0 Å². The molecule has 1 heterocycles. The van der Waals surface area contributed by atoms with Crippen LogP contribution in [0.25, 0.3) is 17.1 Å². The number of alkyl halides is 3. The van der Waals surface area contributed by atoms with E-state index in [4.69, 9.17) is 5.73 Å². The van der Waals surface area contributed by atoms with E-state index in [0.29, 0.717) is 18.1 Å². The Morgan fingerprint density at radius 2 is 1.62 bits per heavy atom. The van der Waals surface area contributed by atoms with Crippen molar-refractivity contribution in [2.75, 3.05) is 6.54 Å². The maximum absolute atomic E-state index is 12.6. The molecule has 3 aromatic rings. The number of nitrogens with zero attached hydrogens (tertiary/aromatic N) is 3. The van der Waals surface area contributed by atoms with Gasteiger partial charge < -0.3 is 5.73 Å². The zero-order chi connectivity index (χ0) is 18.6. The minimum atomic E-state index is -4.35. The van der Waals surface area contributed by atoms with Crippen LogP contribution < -0.4 is 5.73 Å². The van der Waals surface area contributed by atoms with Gasteiger partial charge in [0.2, 0.25) is 0 Å². The second-order valence-corrected chi connectivity index (χ2v) is 6.00. The zero-order valence-electron chi connectivity index (χ0n) is 14.1. The van der Waals surface area contributed by atoms with Crippen LogP contribution in [0.1, 0.15) is 24.0 Å². The fraction of sp³-hybridized carbons (Fsp3) is 0.263. The molecule has 0 amide bonds. The van der Waals surface area contributed by atoms with Crippen LogP contribution >= 0.6 is 0 Å². The SMILES string of the molecule is NCCCCc1ccc(-c2ncn(-c3ccc(C(F)(F)F)cc3)n2)cc1. The Balaban J connectivity index is 1.73. The first-order valence-electron chi connectivity index (χ1n) is 8.36. The molecule has 0 aliphatic heterocycles. The second-order valence-electron chi connectivity index (χ2n) is 6.00. The lowest BCUT2D eigenvalue weighted by Crippen LogP contribution is -2.05. The number of hydrogen-bond donors (Lipinski definition) is 1. The van der Waals surface area contributed by atoms with E-state index in [1.54, 1.807) is 0 Å². The van der Waals surface area contributed by atoms with E-state index in [1.807, 2.05) is 24.3 Å². The molecule has 0 saturated heterocycles. The predicted molar refractivity (Wildman–Crippen MR) is 93.8 cm³/mol. The molecule has 0 radical (unpaired) electrons. The van der Waals surface area contributed by atoms with Gasteiger partial charge in [0.1, 0.15) is 6.33 Å². The van der Waals surface area contributed by atoms with Gasteiger partial charge in [-0.3, -0.25) is 0 Å². The summed E-state index contributed by atoms with van der Waals surface area (Å²) < 4.78 is 39.4. The number of aromatic nitrogens is 3. The molecule has 136 valence electrons. The Bertz CT molecular complexity index is 836. The Morgan fingerprint density at radius 3 is 2.23 bits per heavy atom. The summed E-state index contributed by atoms with van der Waals surface area (Å²) in [4.78, 5) is 4.25. The number of aryl methyl sites for hydroxylation is 1. The van der Waals surface area contributed by atoms with Gasteiger partial charge in [-0.25, -0.2) is 9.67 Å². The first-order chi connectivity index (χ1) is 12.5. The highest BCUT2D eigenvalue weighted by atomic mass is 19.4. The van der Waals surface area contributed by atoms with Gasteiger partial charge in [-0.15, -0.1) is 5.10 Å². The average Bonchev–Trinajstić information content (AvgIpc) is 3.12. The summed E-state index contributed by atoms with van der Waals surface area (Å²) in [6.07, 6.45) is 0.174. The van der Waals surface area contributed by atoms with Crippen LogP contribution in [0.4, 0.5) is 13.2 Å². The third-order valence-corrected chi connectivity index (χ3v) is 4.08. The van der Waals surface area contributed by atoms with Gasteiger partial charge in [0, 0.05) is 5.56 Å². The summed E-state index contributed by atoms with van der Waals surface area (Å²) in [6.45, 7) is 0.698. The predicted octanol–water partition coefficient (Wildman–Crippen LogP) is 4.23. The first-order valence-corrected chi connectivity index (χ1v) is 8.36. The monoisotopic (exact) mass is 360 g/mol. The largest absolute Gasteiger partial charge is 0.416 e. The highest BCUT2D eigenvalue weighted by molar-refractivity contribution is 5.55. The average molecular weight is 360 g/mol. The van der Waals surface area contributed by atoms with Gasteiger partial charge >= 0.3 is 6.18 Å². The number of unbranched alkanes of at least 4 members (excludes halogenated alkanes) is 1. The number of rotatable bonds is 6. The lowest BCUT2D eigenvalue weighted by Gasteiger charge is -2.07. The van der Waals surface area contributed by atoms with E-state index in [0.717, 1.165) is 37.0 Å². The van der Waals surface area contributed by atoms with Gasteiger partial charge in [-0.1, -0.05) is 24.3 Å². The molecule has 0 aliphatic carbocycles. The molecule has 26 heavy (non-hydrogen) atoms. The summed E-state index contributed by atoms with van der Waals surface area (Å²) in [7, 11) is 0. The van der Waals surface area contributed by atoms with Crippen LogP contribution in [-0.4, -0.2) is 21.3 Å². The third-order valence-electron chi connectivity index (χ3n) is 4.08. The lowest BCUT2D eigenvalue weighted by molar-refractivity contribution is -0.137. The molecule has 0 aliphatic rings. The Morgan fingerprint density at radius 1 is 0.923 bits per heavy atom. The van der Waals surface area contributed by atoms with Crippen LogP contribution in [0.2, 0.25) is 0 Å². The van der Waals surface area contributed by atoms with E-state index < -0.39 is 11.7 Å². The molecule has 3 rings (SSSR count). The number of halogens is 3. The minimum absolute atomic E-state index is 0.523. The highest BCUT2D eigenvalue weighted by Crippen LogP contribution is 2.29. The second kappa shape index (κ2) is 7.70. The molecule has 0 saturated carbocycles. The smallest absolute Gasteiger partial charge is 0.330 e. The Labute approximate surface area is 149 Å². The normalized spacial score (nSPS) is 11.7. The molecule has 4 nitrogen and oxygen atoms in total. The van der Waals surface area contributed by atoms with E-state index in [9.17, 15) is 13.2 Å². The van der Waals surface area contributed by atoms with Crippen molar-refractivity contribution in [1.82, 2.24) is 14.8 Å². The van der Waals surface area contributed by atoms with E-state index in [2.05, 4.69) is 10.1 Å². The van der Waals surface area contributed by atoms with Crippen LogP contribution in [0.5, 0.6) is 0 Å². The topological polar surface area (TPSA) is 56.7 Å². The van der Waals surface area contributed by atoms with E-state index in [1.165, 1.54) is 28.7 Å². The first kappa shape index (κ1) is 18.1. The Kier molecular flexibility index (Phi) is 5.37. The lowest BCUT2D eigenvalue weighted by atomic mass is 10.1. The standard InChI is InChI=1S/C19H19F3N4/c20-19(21,22)16-8-10-17(11-9-16)26-13-24-18(25-26)15-6-4-14(5-7-15)3-1-2-12-23/h4-11,13H,1-3,12,23H2. The maximum atomic E-state index is 12.6. The van der Waals surface area contributed by atoms with Crippen molar-refractivity contribution in [2.24, 2.45) is 5.73 Å². The van der Waals surface area contributed by atoms with Gasteiger partial charge in [0.05, 0.1) is 11.3 Å². The number of nitrogens with two attached hydrogens (primary N) is 1. The van der Waals surface area contributed by atoms with Crippen LogP contribution in [-0.2, 0) is 12.6 Å². The van der Waals surface area contributed by atoms with Crippen molar-refractivity contribution in [2.45, 2.75) is 25.4 Å². The molecule has 0 unspecified atom stereocenters. The van der Waals surface area contributed by atoms with Crippen molar-refractivity contribution < 1.29 is 13.2 Å². The fourth-order valence-electron chi connectivity index (χ4n) is 2.62. The van der Waals surface area contributed by atoms with Gasteiger partial charge in [-0.2, -0.15) is 13.2 Å². The highest BCUT2D eigenvalue weighted by Gasteiger charge is 2.30. The summed E-state index contributed by atoms with van der Waals surface area (Å²) >= 11 is 0. The Hall–Kier alpha value is -2.67. The molecule has 0 fully saturated rings. The molecule has 0 bridgehead atoms. The molecular weight excluding hydrogens is 341 g/mol. The number of hydrogen-bond acceptors (Lipinski definition) is 3. The quantitative estimate of drug-likeness (QED) is 0.669. The van der Waals surface area contributed by atoms with Crippen LogP contribution in [0.3, 0.4) is 0 Å². The summed E-state index contributed by atoms with van der Waals surface area (Å²) in [5.41, 5.74) is 7.42. The molecule has 2 aromatic carbocycles. The molecule has 0 atom stereocenters. The molecule has 7 heteroatoms. The molecule has 0 spiro atoms. The molecular formula is C19H19F3N4. The molecule has 1 aromatic heterocycles. The van der Waals surface area contributed by atoms with Crippen molar-refractivity contribution >= 4 is 0 Å². The van der Waals surface area contributed by atoms with Crippen molar-refractivity contribution in [3.8, 4) is 17.1 Å². The van der Waals surface area contributed by atoms with Gasteiger partial charge in [0.25, 0.3) is 0 Å². The molecule has 2 N–H and O–H groups in total. The summed E-state index contributed by atoms with van der Waals surface area (Å²) in [6, 6.07) is 12.8. The third kappa shape index (κ3) is 4.29. The van der Waals surface area contributed by atoms with Crippen LogP contribution in [0.15, 0.2) is 54.9 Å². The van der Waals surface area contributed by atoms with Gasteiger partial charge in [0.15, 0.2) is 5.82 Å². The summed E-state index contributed by atoms with van der Waals surface area (Å²) in [5.74, 6) is 0.526. The fourth-order valence-corrected chi connectivity index (χ4v) is 2.62. The van der Waals surface area contributed by atoms with Crippen molar-refractivity contribution in [3.63, 3.8) is 0 Å². The minimum Gasteiger partial charge on any atom is -0.330 e. The van der Waals surface area contributed by atoms with Crippen molar-refractivity contribution in [1.29, 1.82) is 0 Å². The zero-order valence-corrected chi connectivity index (χ0v) is 14.1. The van der Waals surface area contributed by atoms with Gasteiger partial charge in [-0.05, 0) is 55.6 Å². The van der Waals surface area contributed by atoms with Crippen LogP contribution in [0, 0.1) is 0 Å².